The highest BCUT2D eigenvalue weighted by molar-refractivity contribution is 7.80. The van der Waals surface area contributed by atoms with E-state index in [1.807, 2.05) is 0 Å². The van der Waals surface area contributed by atoms with Crippen LogP contribution in [0, 0.1) is 5.92 Å². The summed E-state index contributed by atoms with van der Waals surface area (Å²) in [4.78, 5) is 35.6. The highest BCUT2D eigenvalue weighted by Crippen LogP contribution is 2.21. The van der Waals surface area contributed by atoms with E-state index in [1.54, 1.807) is 13.8 Å². The van der Waals surface area contributed by atoms with Crippen LogP contribution in [0.4, 0.5) is 0 Å². The average Bonchev–Trinajstić information content (AvgIpc) is 2.48. The van der Waals surface area contributed by atoms with Crippen LogP contribution in [0.15, 0.2) is 18.2 Å². The second kappa shape index (κ2) is 9.15. The lowest BCUT2D eigenvalue weighted by Crippen LogP contribution is -2.54. The van der Waals surface area contributed by atoms with E-state index in [4.69, 9.17) is 28.3 Å². The van der Waals surface area contributed by atoms with Crippen molar-refractivity contribution in [1.29, 1.82) is 0 Å². The van der Waals surface area contributed by atoms with Crippen LogP contribution in [-0.4, -0.2) is 40.7 Å². The number of benzene rings is 1. The number of carbonyl (C=O) groups is 3. The quantitative estimate of drug-likeness (QED) is 0.535. The van der Waals surface area contributed by atoms with Crippen LogP contribution < -0.4 is 10.6 Å². The minimum Gasteiger partial charge on any atom is -0.480 e. The van der Waals surface area contributed by atoms with Gasteiger partial charge in [-0.15, -0.1) is 0 Å². The van der Waals surface area contributed by atoms with Gasteiger partial charge < -0.3 is 15.7 Å². The summed E-state index contributed by atoms with van der Waals surface area (Å²) in [5.74, 6) is -2.70. The first kappa shape index (κ1) is 20.6. The standard InChI is InChI=1S/C15H18Cl2N2O4S/c1-7(2)12(14(21)18-11(6-24)15(22)23)19-13(20)9-4-3-8(16)5-10(9)17/h3-5,7,11-12,24H,6H2,1-2H3,(H,18,21)(H,19,20)(H,22,23)/t11-,12-/m0/s1. The zero-order valence-electron chi connectivity index (χ0n) is 13.0. The molecule has 0 saturated carbocycles. The maximum Gasteiger partial charge on any atom is 0.327 e. The second-order valence-electron chi connectivity index (χ2n) is 5.40. The Bertz CT molecular complexity index is 640. The Kier molecular flexibility index (Phi) is 7.86. The van der Waals surface area contributed by atoms with Gasteiger partial charge in [-0.05, 0) is 24.1 Å². The topological polar surface area (TPSA) is 95.5 Å². The molecule has 0 aromatic heterocycles. The summed E-state index contributed by atoms with van der Waals surface area (Å²) in [6, 6.07) is 2.31. The lowest BCUT2D eigenvalue weighted by Gasteiger charge is -2.23. The average molecular weight is 393 g/mol. The van der Waals surface area contributed by atoms with Crippen LogP contribution in [0.5, 0.6) is 0 Å². The van der Waals surface area contributed by atoms with Crippen LogP contribution in [0.1, 0.15) is 24.2 Å². The van der Waals surface area contributed by atoms with Crippen molar-refractivity contribution >= 4 is 53.6 Å². The highest BCUT2D eigenvalue weighted by atomic mass is 35.5. The Balaban J connectivity index is 2.91. The first-order chi connectivity index (χ1) is 11.2. The number of rotatable bonds is 7. The van der Waals surface area contributed by atoms with E-state index < -0.39 is 29.9 Å². The van der Waals surface area contributed by atoms with Crippen LogP contribution in [-0.2, 0) is 9.59 Å². The Hall–Kier alpha value is -1.44. The molecule has 0 fully saturated rings. The molecule has 0 aliphatic rings. The number of carboxylic acids is 1. The van der Waals surface area contributed by atoms with Gasteiger partial charge in [0.2, 0.25) is 5.91 Å². The molecular formula is C15H18Cl2N2O4S. The van der Waals surface area contributed by atoms with E-state index in [9.17, 15) is 14.4 Å². The molecule has 2 amide bonds. The van der Waals surface area contributed by atoms with E-state index >= 15 is 0 Å². The van der Waals surface area contributed by atoms with Gasteiger partial charge in [0, 0.05) is 10.8 Å². The van der Waals surface area contributed by atoms with Crippen LogP contribution in [0.2, 0.25) is 10.0 Å². The normalized spacial score (nSPS) is 13.2. The van der Waals surface area contributed by atoms with Crippen molar-refractivity contribution in [3.8, 4) is 0 Å². The summed E-state index contributed by atoms with van der Waals surface area (Å²) in [5, 5.41) is 14.4. The summed E-state index contributed by atoms with van der Waals surface area (Å²) in [5.41, 5.74) is 0.170. The van der Waals surface area contributed by atoms with E-state index in [0.29, 0.717) is 5.02 Å². The molecule has 0 spiro atoms. The van der Waals surface area contributed by atoms with Crippen molar-refractivity contribution in [3.05, 3.63) is 33.8 Å². The maximum atomic E-state index is 12.3. The molecule has 6 nitrogen and oxygen atoms in total. The SMILES string of the molecule is CC(C)[C@H](NC(=O)c1ccc(Cl)cc1Cl)C(=O)N[C@@H](CS)C(=O)O. The third-order valence-corrected chi connectivity index (χ3v) is 4.12. The number of carbonyl (C=O) groups excluding carboxylic acids is 2. The number of aliphatic carboxylic acids is 1. The molecule has 3 N–H and O–H groups in total. The van der Waals surface area contributed by atoms with Crippen molar-refractivity contribution in [1.82, 2.24) is 10.6 Å². The third kappa shape index (κ3) is 5.58. The number of hydrogen-bond donors (Lipinski definition) is 4. The van der Waals surface area contributed by atoms with Gasteiger partial charge in [0.25, 0.3) is 5.91 Å². The van der Waals surface area contributed by atoms with Gasteiger partial charge in [0.15, 0.2) is 0 Å². The highest BCUT2D eigenvalue weighted by Gasteiger charge is 2.28. The molecule has 9 heteroatoms. The molecule has 132 valence electrons. The summed E-state index contributed by atoms with van der Waals surface area (Å²) in [7, 11) is 0. The summed E-state index contributed by atoms with van der Waals surface area (Å²) in [6.07, 6.45) is 0. The minimum absolute atomic E-state index is 0.0666. The maximum absolute atomic E-state index is 12.3. The van der Waals surface area contributed by atoms with Crippen LogP contribution in [0.3, 0.4) is 0 Å². The molecule has 0 unspecified atom stereocenters. The third-order valence-electron chi connectivity index (χ3n) is 3.21. The van der Waals surface area contributed by atoms with Crippen molar-refractivity contribution in [2.75, 3.05) is 5.75 Å². The van der Waals surface area contributed by atoms with E-state index in [-0.39, 0.29) is 22.3 Å². The van der Waals surface area contributed by atoms with Crippen molar-refractivity contribution in [2.24, 2.45) is 5.92 Å². The molecule has 0 saturated heterocycles. The molecule has 0 bridgehead atoms. The number of nitrogens with one attached hydrogen (secondary N) is 2. The van der Waals surface area contributed by atoms with Gasteiger partial charge in [-0.2, -0.15) is 12.6 Å². The number of thiol groups is 1. The molecule has 1 aromatic carbocycles. The fourth-order valence-corrected chi connectivity index (χ4v) is 2.62. The molecule has 0 aliphatic carbocycles. The van der Waals surface area contributed by atoms with Gasteiger partial charge in [-0.3, -0.25) is 9.59 Å². The molecule has 1 aromatic rings. The predicted molar refractivity (Wildman–Crippen MR) is 96.0 cm³/mol. The smallest absolute Gasteiger partial charge is 0.327 e. The monoisotopic (exact) mass is 392 g/mol. The zero-order valence-corrected chi connectivity index (χ0v) is 15.5. The van der Waals surface area contributed by atoms with E-state index in [2.05, 4.69) is 23.3 Å². The molecule has 0 heterocycles. The Morgan fingerprint density at radius 3 is 2.29 bits per heavy atom. The summed E-state index contributed by atoms with van der Waals surface area (Å²) < 4.78 is 0. The minimum atomic E-state index is -1.20. The van der Waals surface area contributed by atoms with Gasteiger partial charge in [-0.1, -0.05) is 37.0 Å². The van der Waals surface area contributed by atoms with Crippen LogP contribution in [0.25, 0.3) is 0 Å². The molecular weight excluding hydrogens is 375 g/mol. The number of hydrogen-bond acceptors (Lipinski definition) is 4. The van der Waals surface area contributed by atoms with Gasteiger partial charge in [0.05, 0.1) is 10.6 Å². The molecule has 24 heavy (non-hydrogen) atoms. The van der Waals surface area contributed by atoms with Gasteiger partial charge in [-0.25, -0.2) is 4.79 Å². The number of halogens is 2. The first-order valence-corrected chi connectivity index (χ1v) is 8.46. The summed E-state index contributed by atoms with van der Waals surface area (Å²) in [6.45, 7) is 3.45. The molecule has 0 radical (unpaired) electrons. The van der Waals surface area contributed by atoms with Crippen molar-refractivity contribution in [3.63, 3.8) is 0 Å². The lowest BCUT2D eigenvalue weighted by atomic mass is 10.0. The Morgan fingerprint density at radius 2 is 1.83 bits per heavy atom. The largest absolute Gasteiger partial charge is 0.480 e. The van der Waals surface area contributed by atoms with E-state index in [0.717, 1.165) is 0 Å². The lowest BCUT2D eigenvalue weighted by molar-refractivity contribution is -0.141. The Morgan fingerprint density at radius 1 is 1.21 bits per heavy atom. The first-order valence-electron chi connectivity index (χ1n) is 7.07. The van der Waals surface area contributed by atoms with Crippen molar-refractivity contribution < 1.29 is 19.5 Å². The van der Waals surface area contributed by atoms with Gasteiger partial charge in [0.1, 0.15) is 12.1 Å². The molecule has 2 atom stereocenters. The summed E-state index contributed by atoms with van der Waals surface area (Å²) >= 11 is 15.7. The van der Waals surface area contributed by atoms with Gasteiger partial charge >= 0.3 is 5.97 Å². The molecule has 1 rings (SSSR count). The Labute approximate surface area is 155 Å². The predicted octanol–water partition coefficient (Wildman–Crippen LogP) is 2.25. The number of carboxylic acid groups (broad SMARTS) is 1. The van der Waals surface area contributed by atoms with E-state index in [1.165, 1.54) is 18.2 Å². The fourth-order valence-electron chi connectivity index (χ4n) is 1.87. The molecule has 0 aliphatic heterocycles. The van der Waals surface area contributed by atoms with Crippen molar-refractivity contribution in [2.45, 2.75) is 25.9 Å². The number of amides is 2. The fraction of sp³-hybridized carbons (Fsp3) is 0.400. The van der Waals surface area contributed by atoms with Crippen LogP contribution >= 0.6 is 35.8 Å². The zero-order chi connectivity index (χ0) is 18.4. The second-order valence-corrected chi connectivity index (χ2v) is 6.61.